The van der Waals surface area contributed by atoms with Crippen molar-refractivity contribution in [3.8, 4) is 0 Å². The quantitative estimate of drug-likeness (QED) is 0.652. The number of anilines is 1. The molecule has 1 aromatic carbocycles. The highest BCUT2D eigenvalue weighted by Crippen LogP contribution is 2.32. The van der Waals surface area contributed by atoms with E-state index < -0.39 is 10.5 Å². The lowest BCUT2D eigenvalue weighted by Gasteiger charge is -2.36. The van der Waals surface area contributed by atoms with Gasteiger partial charge < -0.3 is 10.4 Å². The fraction of sp³-hybridized carbons (Fsp3) is 0.385. The molecule has 1 aromatic heterocycles. The molecule has 20 heavy (non-hydrogen) atoms. The van der Waals surface area contributed by atoms with E-state index in [0.29, 0.717) is 23.3 Å². The third-order valence-electron chi connectivity index (χ3n) is 3.70. The van der Waals surface area contributed by atoms with Gasteiger partial charge >= 0.3 is 0 Å². The van der Waals surface area contributed by atoms with Gasteiger partial charge in [0, 0.05) is 24.1 Å². The van der Waals surface area contributed by atoms with Crippen LogP contribution in [0.3, 0.4) is 0 Å². The molecule has 2 aromatic rings. The molecule has 0 amide bonds. The summed E-state index contributed by atoms with van der Waals surface area (Å²) in [5.41, 5.74) is -0.0516. The highest BCUT2D eigenvalue weighted by atomic mass is 16.6. The zero-order valence-corrected chi connectivity index (χ0v) is 10.7. The summed E-state index contributed by atoms with van der Waals surface area (Å²) in [5.74, 6) is 0.513. The van der Waals surface area contributed by atoms with Crippen molar-refractivity contribution < 1.29 is 10.0 Å². The van der Waals surface area contributed by atoms with E-state index in [2.05, 4.69) is 15.3 Å². The molecular weight excluding hydrogens is 260 g/mol. The number of nitrogens with one attached hydrogen (secondary N) is 1. The van der Waals surface area contributed by atoms with Gasteiger partial charge in [0.05, 0.1) is 16.0 Å². The van der Waals surface area contributed by atoms with Gasteiger partial charge in [-0.1, -0.05) is 0 Å². The number of nitrogens with zero attached hydrogens (tertiary/aromatic N) is 3. The van der Waals surface area contributed by atoms with Crippen molar-refractivity contribution in [2.45, 2.75) is 24.9 Å². The first kappa shape index (κ1) is 12.7. The summed E-state index contributed by atoms with van der Waals surface area (Å²) in [4.78, 5) is 18.6. The van der Waals surface area contributed by atoms with Crippen molar-refractivity contribution >= 4 is 22.4 Å². The summed E-state index contributed by atoms with van der Waals surface area (Å²) < 4.78 is 0. The van der Waals surface area contributed by atoms with E-state index in [-0.39, 0.29) is 5.69 Å². The highest BCUT2D eigenvalue weighted by molar-refractivity contribution is 5.90. The van der Waals surface area contributed by atoms with Gasteiger partial charge in [0.15, 0.2) is 0 Å². The van der Waals surface area contributed by atoms with Crippen molar-refractivity contribution in [3.63, 3.8) is 0 Å². The van der Waals surface area contributed by atoms with Gasteiger partial charge in [-0.2, -0.15) is 0 Å². The number of rotatable bonds is 4. The van der Waals surface area contributed by atoms with Crippen LogP contribution in [0.1, 0.15) is 19.3 Å². The predicted molar refractivity (Wildman–Crippen MR) is 73.5 cm³/mol. The van der Waals surface area contributed by atoms with Crippen LogP contribution in [0.15, 0.2) is 24.5 Å². The normalized spacial score (nSPS) is 16.6. The van der Waals surface area contributed by atoms with Crippen molar-refractivity contribution in [1.82, 2.24) is 9.97 Å². The Bertz CT molecular complexity index is 670. The molecule has 7 heteroatoms. The van der Waals surface area contributed by atoms with Gasteiger partial charge in [-0.3, -0.25) is 10.1 Å². The van der Waals surface area contributed by atoms with Gasteiger partial charge in [0.2, 0.25) is 0 Å². The van der Waals surface area contributed by atoms with Crippen molar-refractivity contribution in [2.75, 3.05) is 11.9 Å². The number of fused-ring (bicyclic) bond motifs is 1. The van der Waals surface area contributed by atoms with E-state index in [9.17, 15) is 15.2 Å². The summed E-state index contributed by atoms with van der Waals surface area (Å²) in [7, 11) is 0. The molecule has 0 unspecified atom stereocenters. The molecule has 1 aliphatic rings. The molecule has 1 fully saturated rings. The number of hydrogen-bond donors (Lipinski definition) is 2. The van der Waals surface area contributed by atoms with Crippen LogP contribution in [0.2, 0.25) is 0 Å². The van der Waals surface area contributed by atoms with Gasteiger partial charge in [-0.25, -0.2) is 9.97 Å². The Balaban J connectivity index is 1.92. The molecule has 0 aliphatic heterocycles. The van der Waals surface area contributed by atoms with Crippen molar-refractivity contribution in [2.24, 2.45) is 0 Å². The lowest BCUT2D eigenvalue weighted by atomic mass is 9.80. The average molecular weight is 274 g/mol. The lowest BCUT2D eigenvalue weighted by molar-refractivity contribution is -0.384. The second-order valence-electron chi connectivity index (χ2n) is 5.11. The SMILES string of the molecule is O=[N+]([O-])c1ccc2ncnc(NCC3(O)CCC3)c2c1. The third-order valence-corrected chi connectivity index (χ3v) is 3.70. The maximum Gasteiger partial charge on any atom is 0.270 e. The standard InChI is InChI=1S/C13H14N4O3/c18-13(4-1-5-13)7-14-12-10-6-9(17(19)20)2-3-11(10)15-8-16-12/h2-3,6,8,18H,1,4-5,7H2,(H,14,15,16). The Hall–Kier alpha value is -2.28. The van der Waals surface area contributed by atoms with Crippen LogP contribution in [0.4, 0.5) is 11.5 Å². The number of nitro groups is 1. The fourth-order valence-corrected chi connectivity index (χ4v) is 2.31. The molecule has 1 saturated carbocycles. The zero-order chi connectivity index (χ0) is 14.2. The summed E-state index contributed by atoms with van der Waals surface area (Å²) in [6.45, 7) is 0.391. The molecule has 1 heterocycles. The van der Waals surface area contributed by atoms with E-state index in [1.165, 1.54) is 18.5 Å². The number of hydrogen-bond acceptors (Lipinski definition) is 6. The fourth-order valence-electron chi connectivity index (χ4n) is 2.31. The maximum absolute atomic E-state index is 10.8. The van der Waals surface area contributed by atoms with E-state index >= 15 is 0 Å². The Labute approximate surface area is 114 Å². The number of benzene rings is 1. The first-order valence-electron chi connectivity index (χ1n) is 6.43. The molecule has 2 N–H and O–H groups in total. The lowest BCUT2D eigenvalue weighted by Crippen LogP contribution is -2.43. The van der Waals surface area contributed by atoms with Crippen LogP contribution in [0.5, 0.6) is 0 Å². The summed E-state index contributed by atoms with van der Waals surface area (Å²) in [6.07, 6.45) is 3.96. The van der Waals surface area contributed by atoms with Gasteiger partial charge in [-0.05, 0) is 25.3 Å². The van der Waals surface area contributed by atoms with Gasteiger partial charge in [0.25, 0.3) is 5.69 Å². The second-order valence-corrected chi connectivity index (χ2v) is 5.11. The highest BCUT2D eigenvalue weighted by Gasteiger charge is 2.34. The molecule has 0 bridgehead atoms. The van der Waals surface area contributed by atoms with Gasteiger partial charge in [-0.15, -0.1) is 0 Å². The summed E-state index contributed by atoms with van der Waals surface area (Å²) in [5, 5.41) is 24.6. The van der Waals surface area contributed by atoms with Gasteiger partial charge in [0.1, 0.15) is 12.1 Å². The monoisotopic (exact) mass is 274 g/mol. The van der Waals surface area contributed by atoms with E-state index in [4.69, 9.17) is 0 Å². The molecule has 0 spiro atoms. The van der Waals surface area contributed by atoms with Crippen LogP contribution in [-0.4, -0.2) is 32.1 Å². The molecule has 1 aliphatic carbocycles. The van der Waals surface area contributed by atoms with Crippen LogP contribution in [-0.2, 0) is 0 Å². The summed E-state index contributed by atoms with van der Waals surface area (Å²) >= 11 is 0. The molecule has 0 radical (unpaired) electrons. The number of aromatic nitrogens is 2. The predicted octanol–water partition coefficient (Wildman–Crippen LogP) is 1.86. The van der Waals surface area contributed by atoms with Crippen LogP contribution in [0.25, 0.3) is 10.9 Å². The Morgan fingerprint density at radius 1 is 1.40 bits per heavy atom. The van der Waals surface area contributed by atoms with Crippen LogP contribution < -0.4 is 5.32 Å². The maximum atomic E-state index is 10.8. The molecule has 7 nitrogen and oxygen atoms in total. The Morgan fingerprint density at radius 3 is 2.85 bits per heavy atom. The van der Waals surface area contributed by atoms with Crippen molar-refractivity contribution in [3.05, 3.63) is 34.6 Å². The number of nitro benzene ring substituents is 1. The molecule has 0 atom stereocenters. The Morgan fingerprint density at radius 2 is 2.20 bits per heavy atom. The van der Waals surface area contributed by atoms with E-state index in [1.807, 2.05) is 0 Å². The van der Waals surface area contributed by atoms with Crippen molar-refractivity contribution in [1.29, 1.82) is 0 Å². The Kier molecular flexibility index (Phi) is 2.98. The average Bonchev–Trinajstić information content (AvgIpc) is 2.42. The largest absolute Gasteiger partial charge is 0.388 e. The number of aliphatic hydroxyl groups is 1. The van der Waals surface area contributed by atoms with Crippen LogP contribution in [0, 0.1) is 10.1 Å². The molecule has 0 saturated heterocycles. The minimum atomic E-state index is -0.683. The van der Waals surface area contributed by atoms with Crippen LogP contribution >= 0.6 is 0 Å². The second kappa shape index (κ2) is 4.68. The molecular formula is C13H14N4O3. The molecule has 104 valence electrons. The third kappa shape index (κ3) is 2.27. The first-order chi connectivity index (χ1) is 9.57. The summed E-state index contributed by atoms with van der Waals surface area (Å²) in [6, 6.07) is 4.46. The smallest absolute Gasteiger partial charge is 0.270 e. The minimum Gasteiger partial charge on any atom is -0.388 e. The molecule has 3 rings (SSSR count). The topological polar surface area (TPSA) is 101 Å². The zero-order valence-electron chi connectivity index (χ0n) is 10.7. The van der Waals surface area contributed by atoms with E-state index in [0.717, 1.165) is 19.3 Å². The van der Waals surface area contributed by atoms with E-state index in [1.54, 1.807) is 6.07 Å². The first-order valence-corrected chi connectivity index (χ1v) is 6.43. The number of non-ortho nitro benzene ring substituents is 1. The minimum absolute atomic E-state index is 0.00212.